The predicted octanol–water partition coefficient (Wildman–Crippen LogP) is 2.40. The molecule has 1 aromatic rings. The van der Waals surface area contributed by atoms with Crippen molar-refractivity contribution >= 4 is 17.6 Å². The molecule has 1 unspecified atom stereocenters. The molecule has 2 rings (SSSR count). The fraction of sp³-hybridized carbons (Fsp3) is 0.500. The highest BCUT2D eigenvalue weighted by molar-refractivity contribution is 5.95. The standard InChI is InChI=1S/C16H20F2N2O4/c1-23-15(22)11-3-4-12(13(8-11)24-16(17)18)20-14(21)5-2-10-6-7-19-9-10/h3-4,8,10,16,19H,2,5-7,9H2,1H3,(H,20,21). The molecule has 1 saturated heterocycles. The van der Waals surface area contributed by atoms with Gasteiger partial charge in [0.1, 0.15) is 5.75 Å². The first-order chi connectivity index (χ1) is 11.5. The van der Waals surface area contributed by atoms with E-state index in [0.29, 0.717) is 12.3 Å². The van der Waals surface area contributed by atoms with Gasteiger partial charge in [0.05, 0.1) is 18.4 Å². The third-order valence-corrected chi connectivity index (χ3v) is 3.83. The molecule has 2 N–H and O–H groups in total. The van der Waals surface area contributed by atoms with Crippen LogP contribution in [0.3, 0.4) is 0 Å². The Morgan fingerprint density at radius 3 is 2.83 bits per heavy atom. The number of esters is 1. The van der Waals surface area contributed by atoms with Gasteiger partial charge in [0, 0.05) is 6.42 Å². The maximum absolute atomic E-state index is 12.5. The van der Waals surface area contributed by atoms with Gasteiger partial charge < -0.3 is 20.1 Å². The van der Waals surface area contributed by atoms with Crippen LogP contribution in [0.1, 0.15) is 29.6 Å². The van der Waals surface area contributed by atoms with Crippen molar-refractivity contribution in [2.24, 2.45) is 5.92 Å². The molecule has 1 aliphatic rings. The number of nitrogens with one attached hydrogen (secondary N) is 2. The number of ether oxygens (including phenoxy) is 2. The molecule has 1 amide bonds. The minimum atomic E-state index is -3.07. The average molecular weight is 342 g/mol. The van der Waals surface area contributed by atoms with E-state index in [1.807, 2.05) is 0 Å². The van der Waals surface area contributed by atoms with Gasteiger partial charge in [-0.15, -0.1) is 0 Å². The van der Waals surface area contributed by atoms with Gasteiger partial charge in [-0.2, -0.15) is 8.78 Å². The SMILES string of the molecule is COC(=O)c1ccc(NC(=O)CCC2CCNC2)c(OC(F)F)c1. The first-order valence-corrected chi connectivity index (χ1v) is 7.67. The Kier molecular flexibility index (Phi) is 6.48. The lowest BCUT2D eigenvalue weighted by Gasteiger charge is -2.14. The van der Waals surface area contributed by atoms with E-state index in [-0.39, 0.29) is 22.9 Å². The first-order valence-electron chi connectivity index (χ1n) is 7.67. The van der Waals surface area contributed by atoms with Crippen molar-refractivity contribution in [1.82, 2.24) is 5.32 Å². The summed E-state index contributed by atoms with van der Waals surface area (Å²) in [5.41, 5.74) is 0.153. The lowest BCUT2D eigenvalue weighted by Crippen LogP contribution is -2.16. The molecule has 1 fully saturated rings. The second kappa shape index (κ2) is 8.58. The highest BCUT2D eigenvalue weighted by Crippen LogP contribution is 2.28. The molecule has 1 aliphatic heterocycles. The number of anilines is 1. The summed E-state index contributed by atoms with van der Waals surface area (Å²) in [5, 5.41) is 5.77. The van der Waals surface area contributed by atoms with Gasteiger partial charge in [-0.1, -0.05) is 0 Å². The van der Waals surface area contributed by atoms with Crippen molar-refractivity contribution in [1.29, 1.82) is 0 Å². The van der Waals surface area contributed by atoms with E-state index >= 15 is 0 Å². The summed E-state index contributed by atoms with van der Waals surface area (Å²) in [6, 6.07) is 3.84. The molecule has 0 bridgehead atoms. The van der Waals surface area contributed by atoms with Crippen LogP contribution in [-0.4, -0.2) is 38.7 Å². The van der Waals surface area contributed by atoms with Crippen LogP contribution in [0.25, 0.3) is 0 Å². The van der Waals surface area contributed by atoms with Gasteiger partial charge >= 0.3 is 12.6 Å². The molecule has 0 aliphatic carbocycles. The predicted molar refractivity (Wildman–Crippen MR) is 83.3 cm³/mol. The number of amides is 1. The van der Waals surface area contributed by atoms with Gasteiger partial charge in [0.15, 0.2) is 0 Å². The van der Waals surface area contributed by atoms with Crippen LogP contribution in [0.5, 0.6) is 5.75 Å². The van der Waals surface area contributed by atoms with Crippen LogP contribution in [0.2, 0.25) is 0 Å². The number of methoxy groups -OCH3 is 1. The number of carbonyl (C=O) groups is 2. The summed E-state index contributed by atoms with van der Waals surface area (Å²) in [6.45, 7) is -1.23. The maximum Gasteiger partial charge on any atom is 0.387 e. The Labute approximate surface area is 138 Å². The molecule has 24 heavy (non-hydrogen) atoms. The molecular weight excluding hydrogens is 322 g/mol. The molecule has 1 atom stereocenters. The normalized spacial score (nSPS) is 16.9. The molecule has 1 aromatic carbocycles. The summed E-state index contributed by atoms with van der Waals surface area (Å²) in [4.78, 5) is 23.5. The van der Waals surface area contributed by atoms with E-state index in [1.165, 1.54) is 19.2 Å². The lowest BCUT2D eigenvalue weighted by atomic mass is 10.0. The third kappa shape index (κ3) is 5.16. The van der Waals surface area contributed by atoms with Gasteiger partial charge in [-0.25, -0.2) is 4.79 Å². The molecule has 8 heteroatoms. The van der Waals surface area contributed by atoms with Crippen molar-refractivity contribution in [3.8, 4) is 5.75 Å². The Hall–Kier alpha value is -2.22. The number of hydrogen-bond donors (Lipinski definition) is 2. The van der Waals surface area contributed by atoms with Crippen LogP contribution >= 0.6 is 0 Å². The fourth-order valence-electron chi connectivity index (χ4n) is 2.57. The van der Waals surface area contributed by atoms with Gasteiger partial charge in [-0.3, -0.25) is 4.79 Å². The Bertz CT molecular complexity index is 589. The summed E-state index contributed by atoms with van der Waals surface area (Å²) in [5.74, 6) is -0.787. The largest absolute Gasteiger partial charge is 0.465 e. The zero-order chi connectivity index (χ0) is 17.5. The van der Waals surface area contributed by atoms with E-state index < -0.39 is 12.6 Å². The van der Waals surface area contributed by atoms with Crippen molar-refractivity contribution in [3.63, 3.8) is 0 Å². The highest BCUT2D eigenvalue weighted by Gasteiger charge is 2.18. The number of rotatable bonds is 7. The number of halogens is 2. The highest BCUT2D eigenvalue weighted by atomic mass is 19.3. The Morgan fingerprint density at radius 2 is 2.21 bits per heavy atom. The minimum absolute atomic E-state index is 0.0585. The molecule has 0 saturated carbocycles. The summed E-state index contributed by atoms with van der Waals surface area (Å²) in [7, 11) is 1.18. The van der Waals surface area contributed by atoms with Crippen LogP contribution in [0.15, 0.2) is 18.2 Å². The summed E-state index contributed by atoms with van der Waals surface area (Å²) >= 11 is 0. The smallest absolute Gasteiger partial charge is 0.387 e. The molecule has 0 spiro atoms. The first kappa shape index (κ1) is 18.1. The monoisotopic (exact) mass is 342 g/mol. The van der Waals surface area contributed by atoms with Gasteiger partial charge in [-0.05, 0) is 50.0 Å². The Balaban J connectivity index is 2.03. The number of benzene rings is 1. The van der Waals surface area contributed by atoms with Crippen molar-refractivity contribution in [3.05, 3.63) is 23.8 Å². The zero-order valence-corrected chi connectivity index (χ0v) is 13.3. The van der Waals surface area contributed by atoms with E-state index in [0.717, 1.165) is 32.0 Å². The van der Waals surface area contributed by atoms with Crippen molar-refractivity contribution in [2.75, 3.05) is 25.5 Å². The second-order valence-electron chi connectivity index (χ2n) is 5.53. The van der Waals surface area contributed by atoms with Crippen molar-refractivity contribution < 1.29 is 27.8 Å². The second-order valence-corrected chi connectivity index (χ2v) is 5.53. The molecule has 6 nitrogen and oxygen atoms in total. The molecule has 132 valence electrons. The summed E-state index contributed by atoms with van der Waals surface area (Å²) in [6.07, 6.45) is 2.05. The fourth-order valence-corrected chi connectivity index (χ4v) is 2.57. The van der Waals surface area contributed by atoms with Crippen LogP contribution in [0, 0.1) is 5.92 Å². The van der Waals surface area contributed by atoms with Crippen LogP contribution in [0.4, 0.5) is 14.5 Å². The number of carbonyl (C=O) groups excluding carboxylic acids is 2. The average Bonchev–Trinajstić information content (AvgIpc) is 3.06. The van der Waals surface area contributed by atoms with Crippen LogP contribution < -0.4 is 15.4 Å². The lowest BCUT2D eigenvalue weighted by molar-refractivity contribution is -0.116. The van der Waals surface area contributed by atoms with Crippen molar-refractivity contribution in [2.45, 2.75) is 25.9 Å². The van der Waals surface area contributed by atoms with Crippen LogP contribution in [-0.2, 0) is 9.53 Å². The number of alkyl halides is 2. The van der Waals surface area contributed by atoms with E-state index in [1.54, 1.807) is 0 Å². The van der Waals surface area contributed by atoms with E-state index in [9.17, 15) is 18.4 Å². The Morgan fingerprint density at radius 1 is 1.42 bits per heavy atom. The minimum Gasteiger partial charge on any atom is -0.465 e. The molecule has 0 aromatic heterocycles. The van der Waals surface area contributed by atoms with Gasteiger partial charge in [0.2, 0.25) is 5.91 Å². The summed E-state index contributed by atoms with van der Waals surface area (Å²) < 4.78 is 34.0. The molecule has 1 heterocycles. The van der Waals surface area contributed by atoms with E-state index in [4.69, 9.17) is 0 Å². The molecule has 0 radical (unpaired) electrons. The molecular formula is C16H20F2N2O4. The maximum atomic E-state index is 12.5. The van der Waals surface area contributed by atoms with Gasteiger partial charge in [0.25, 0.3) is 0 Å². The number of hydrogen-bond acceptors (Lipinski definition) is 5. The topological polar surface area (TPSA) is 76.7 Å². The zero-order valence-electron chi connectivity index (χ0n) is 13.3. The van der Waals surface area contributed by atoms with E-state index in [2.05, 4.69) is 20.1 Å². The third-order valence-electron chi connectivity index (χ3n) is 3.83. The quantitative estimate of drug-likeness (QED) is 0.744.